The standard InChI is InChI=1S/C19H22F3N3O/c1-13(2)25-11-9-23-17(25)14-6-5-10-24(12-14)18(26)15-7-3-4-8-16(15)19(20,21)22/h3-4,7-9,11,13-14H,5-6,10,12H2,1-2H3/t14-/m0/s1. The summed E-state index contributed by atoms with van der Waals surface area (Å²) in [7, 11) is 0. The van der Waals surface area contributed by atoms with Crippen LogP contribution in [0.3, 0.4) is 0 Å². The Morgan fingerprint density at radius 1 is 1.27 bits per heavy atom. The summed E-state index contributed by atoms with van der Waals surface area (Å²) >= 11 is 0. The van der Waals surface area contributed by atoms with E-state index in [0.717, 1.165) is 24.7 Å². The molecule has 0 N–H and O–H groups in total. The minimum Gasteiger partial charge on any atom is -0.338 e. The fraction of sp³-hybridized carbons (Fsp3) is 0.474. The second-order valence-corrected chi connectivity index (χ2v) is 6.92. The van der Waals surface area contributed by atoms with Gasteiger partial charge < -0.3 is 9.47 Å². The normalized spacial score (nSPS) is 18.4. The number of benzene rings is 1. The molecule has 3 rings (SSSR count). The predicted molar refractivity (Wildman–Crippen MR) is 91.9 cm³/mol. The van der Waals surface area contributed by atoms with Crippen molar-refractivity contribution in [2.75, 3.05) is 13.1 Å². The maximum atomic E-state index is 13.2. The van der Waals surface area contributed by atoms with Crippen LogP contribution < -0.4 is 0 Å². The summed E-state index contributed by atoms with van der Waals surface area (Å²) in [5.74, 6) is 0.357. The highest BCUT2D eigenvalue weighted by atomic mass is 19.4. The topological polar surface area (TPSA) is 38.1 Å². The van der Waals surface area contributed by atoms with Crippen LogP contribution in [-0.2, 0) is 6.18 Å². The van der Waals surface area contributed by atoms with Gasteiger partial charge in [0.1, 0.15) is 5.82 Å². The Morgan fingerprint density at radius 3 is 2.69 bits per heavy atom. The number of hydrogen-bond acceptors (Lipinski definition) is 2. The number of likely N-dealkylation sites (tertiary alicyclic amines) is 1. The minimum absolute atomic E-state index is 0.0307. The van der Waals surface area contributed by atoms with Crippen molar-refractivity contribution < 1.29 is 18.0 Å². The van der Waals surface area contributed by atoms with Crippen molar-refractivity contribution in [2.45, 2.75) is 44.8 Å². The van der Waals surface area contributed by atoms with Gasteiger partial charge in [0.15, 0.2) is 0 Å². The minimum atomic E-state index is -4.55. The number of carbonyl (C=O) groups is 1. The van der Waals surface area contributed by atoms with E-state index in [1.165, 1.54) is 23.1 Å². The van der Waals surface area contributed by atoms with E-state index >= 15 is 0 Å². The Kier molecular flexibility index (Phi) is 5.07. The molecule has 1 atom stereocenters. The van der Waals surface area contributed by atoms with Gasteiger partial charge in [0.05, 0.1) is 11.1 Å². The van der Waals surface area contributed by atoms with Crippen molar-refractivity contribution in [1.82, 2.24) is 14.5 Å². The van der Waals surface area contributed by atoms with Crippen LogP contribution in [-0.4, -0.2) is 33.4 Å². The quantitative estimate of drug-likeness (QED) is 0.803. The van der Waals surface area contributed by atoms with Crippen molar-refractivity contribution in [3.05, 3.63) is 53.6 Å². The third-order valence-corrected chi connectivity index (χ3v) is 4.79. The number of hydrogen-bond donors (Lipinski definition) is 0. The van der Waals surface area contributed by atoms with E-state index in [2.05, 4.69) is 23.4 Å². The van der Waals surface area contributed by atoms with E-state index in [1.807, 2.05) is 6.20 Å². The van der Waals surface area contributed by atoms with Crippen LogP contribution in [0.5, 0.6) is 0 Å². The van der Waals surface area contributed by atoms with Crippen LogP contribution in [0.4, 0.5) is 13.2 Å². The molecule has 4 nitrogen and oxygen atoms in total. The molecule has 0 radical (unpaired) electrons. The summed E-state index contributed by atoms with van der Waals surface area (Å²) in [6, 6.07) is 5.22. The van der Waals surface area contributed by atoms with Gasteiger partial charge in [-0.25, -0.2) is 4.98 Å². The largest absolute Gasteiger partial charge is 0.417 e. The molecule has 7 heteroatoms. The predicted octanol–water partition coefficient (Wildman–Crippen LogP) is 4.50. The van der Waals surface area contributed by atoms with E-state index in [4.69, 9.17) is 0 Å². The first-order valence-corrected chi connectivity index (χ1v) is 8.77. The van der Waals surface area contributed by atoms with Crippen LogP contribution in [0.2, 0.25) is 0 Å². The Balaban J connectivity index is 1.85. The molecule has 0 spiro atoms. The van der Waals surface area contributed by atoms with Gasteiger partial charge in [0.2, 0.25) is 0 Å². The van der Waals surface area contributed by atoms with Gasteiger partial charge in [0.25, 0.3) is 5.91 Å². The number of nitrogens with zero attached hydrogens (tertiary/aromatic N) is 3. The van der Waals surface area contributed by atoms with Gasteiger partial charge in [-0.1, -0.05) is 12.1 Å². The van der Waals surface area contributed by atoms with Gasteiger partial charge in [-0.3, -0.25) is 4.79 Å². The highest BCUT2D eigenvalue weighted by Gasteiger charge is 2.37. The Bertz CT molecular complexity index is 782. The van der Waals surface area contributed by atoms with Crippen LogP contribution in [0, 0.1) is 0 Å². The molecule has 2 aromatic rings. The lowest BCUT2D eigenvalue weighted by Crippen LogP contribution is -2.40. The second-order valence-electron chi connectivity index (χ2n) is 6.92. The Labute approximate surface area is 150 Å². The third-order valence-electron chi connectivity index (χ3n) is 4.79. The fourth-order valence-corrected chi connectivity index (χ4v) is 3.54. The number of rotatable bonds is 3. The van der Waals surface area contributed by atoms with Crippen LogP contribution in [0.25, 0.3) is 0 Å². The van der Waals surface area contributed by atoms with Gasteiger partial charge >= 0.3 is 6.18 Å². The number of imidazole rings is 1. The SMILES string of the molecule is CC(C)n1ccnc1[C@H]1CCCN(C(=O)c2ccccc2C(F)(F)F)C1. The van der Waals surface area contributed by atoms with Crippen LogP contribution in [0.1, 0.15) is 60.4 Å². The summed E-state index contributed by atoms with van der Waals surface area (Å²) in [6.07, 6.45) is 0.702. The second kappa shape index (κ2) is 7.13. The highest BCUT2D eigenvalue weighted by molar-refractivity contribution is 5.96. The molecule has 1 aliphatic heterocycles. The number of aromatic nitrogens is 2. The molecule has 0 saturated carbocycles. The number of amides is 1. The van der Waals surface area contributed by atoms with Gasteiger partial charge in [-0.15, -0.1) is 0 Å². The number of carbonyl (C=O) groups excluding carboxylic acids is 1. The molecule has 0 bridgehead atoms. The summed E-state index contributed by atoms with van der Waals surface area (Å²) < 4.78 is 41.8. The smallest absolute Gasteiger partial charge is 0.338 e. The lowest BCUT2D eigenvalue weighted by molar-refractivity contribution is -0.138. The molecule has 26 heavy (non-hydrogen) atoms. The molecule has 1 aromatic carbocycles. The maximum Gasteiger partial charge on any atom is 0.417 e. The van der Waals surface area contributed by atoms with Crippen molar-refractivity contribution in [2.24, 2.45) is 0 Å². The van der Waals surface area contributed by atoms with Crippen molar-refractivity contribution >= 4 is 5.91 Å². The Morgan fingerprint density at radius 2 is 2.00 bits per heavy atom. The van der Waals surface area contributed by atoms with E-state index in [9.17, 15) is 18.0 Å². The summed E-state index contributed by atoms with van der Waals surface area (Å²) in [5, 5.41) is 0. The zero-order valence-electron chi connectivity index (χ0n) is 14.8. The number of piperidine rings is 1. The summed E-state index contributed by atoms with van der Waals surface area (Å²) in [6.45, 7) is 4.95. The first-order valence-electron chi connectivity index (χ1n) is 8.77. The summed E-state index contributed by atoms with van der Waals surface area (Å²) in [5.41, 5.74) is -1.16. The molecule has 1 fully saturated rings. The Hall–Kier alpha value is -2.31. The molecule has 1 amide bonds. The molecule has 140 valence electrons. The van der Waals surface area contributed by atoms with Gasteiger partial charge in [0, 0.05) is 37.4 Å². The first-order chi connectivity index (χ1) is 12.3. The number of alkyl halides is 3. The highest BCUT2D eigenvalue weighted by Crippen LogP contribution is 2.34. The third kappa shape index (κ3) is 3.61. The zero-order chi connectivity index (χ0) is 18.9. The molecule has 0 unspecified atom stereocenters. The molecule has 1 saturated heterocycles. The molecule has 0 aliphatic carbocycles. The van der Waals surface area contributed by atoms with Crippen molar-refractivity contribution in [3.8, 4) is 0 Å². The van der Waals surface area contributed by atoms with Crippen molar-refractivity contribution in [1.29, 1.82) is 0 Å². The van der Waals surface area contributed by atoms with E-state index < -0.39 is 17.6 Å². The molecular formula is C19H22F3N3O. The molecule has 2 heterocycles. The lowest BCUT2D eigenvalue weighted by atomic mass is 9.95. The molecule has 1 aliphatic rings. The van der Waals surface area contributed by atoms with E-state index in [1.54, 1.807) is 6.20 Å². The average Bonchev–Trinajstić information content (AvgIpc) is 3.10. The maximum absolute atomic E-state index is 13.2. The monoisotopic (exact) mass is 365 g/mol. The zero-order valence-corrected chi connectivity index (χ0v) is 14.8. The van der Waals surface area contributed by atoms with Crippen LogP contribution >= 0.6 is 0 Å². The average molecular weight is 365 g/mol. The fourth-order valence-electron chi connectivity index (χ4n) is 3.54. The van der Waals surface area contributed by atoms with Crippen LogP contribution in [0.15, 0.2) is 36.7 Å². The molecule has 1 aromatic heterocycles. The first kappa shape index (κ1) is 18.5. The van der Waals surface area contributed by atoms with Gasteiger partial charge in [-0.2, -0.15) is 13.2 Å². The summed E-state index contributed by atoms with van der Waals surface area (Å²) in [4.78, 5) is 18.8. The van der Waals surface area contributed by atoms with Crippen molar-refractivity contribution in [3.63, 3.8) is 0 Å². The number of halogens is 3. The van der Waals surface area contributed by atoms with E-state index in [-0.39, 0.29) is 17.5 Å². The lowest BCUT2D eigenvalue weighted by Gasteiger charge is -2.33. The van der Waals surface area contributed by atoms with E-state index in [0.29, 0.717) is 13.1 Å². The molecular weight excluding hydrogens is 343 g/mol. The van der Waals surface area contributed by atoms with Gasteiger partial charge in [-0.05, 0) is 38.8 Å².